The predicted molar refractivity (Wildman–Crippen MR) is 220 cm³/mol. The van der Waals surface area contributed by atoms with Gasteiger partial charge in [0.2, 0.25) is 11.8 Å². The number of rotatable bonds is 9. The van der Waals surface area contributed by atoms with Gasteiger partial charge in [-0.15, -0.1) is 0 Å². The van der Waals surface area contributed by atoms with Gasteiger partial charge in [0.1, 0.15) is 23.6 Å². The van der Waals surface area contributed by atoms with Crippen molar-refractivity contribution < 1.29 is 38.5 Å². The first-order chi connectivity index (χ1) is 29.7. The van der Waals surface area contributed by atoms with Gasteiger partial charge < -0.3 is 49.7 Å². The van der Waals surface area contributed by atoms with Crippen LogP contribution in [0.2, 0.25) is 0 Å². The molecular weight excluding hydrogens is 781 g/mol. The summed E-state index contributed by atoms with van der Waals surface area (Å²) >= 11 is 0. The highest BCUT2D eigenvalue weighted by Crippen LogP contribution is 2.55. The third-order valence-corrected chi connectivity index (χ3v) is 13.8. The molecule has 0 unspecified atom stereocenters. The number of methoxy groups -OCH3 is 1. The molecule has 0 bridgehead atoms. The number of benzene rings is 2. The first-order valence-corrected chi connectivity index (χ1v) is 21.5. The molecule has 318 valence electrons. The van der Waals surface area contributed by atoms with E-state index in [0.29, 0.717) is 75.5 Å². The van der Waals surface area contributed by atoms with Crippen LogP contribution in [0.5, 0.6) is 0 Å². The summed E-state index contributed by atoms with van der Waals surface area (Å²) in [6, 6.07) is 10.5. The van der Waals surface area contributed by atoms with E-state index in [0.717, 1.165) is 59.0 Å². The highest BCUT2D eigenvalue weighted by Gasteiger charge is 2.58. The molecule has 10 rings (SSSR count). The lowest BCUT2D eigenvalue weighted by atomic mass is 9.90. The number of nitrogens with one attached hydrogen (secondary N) is 4. The van der Waals surface area contributed by atoms with Crippen LogP contribution in [0, 0.1) is 35.5 Å². The van der Waals surface area contributed by atoms with Crippen molar-refractivity contribution in [3.8, 4) is 23.1 Å². The quantitative estimate of drug-likeness (QED) is 0.145. The topological polar surface area (TPSA) is 204 Å². The lowest BCUT2D eigenvalue weighted by Crippen LogP contribution is -2.54. The number of H-pyrrole nitrogens is 2. The Morgan fingerprint density at radius 1 is 0.803 bits per heavy atom. The summed E-state index contributed by atoms with van der Waals surface area (Å²) < 4.78 is 16.0. The molecule has 6 heterocycles. The third-order valence-electron chi connectivity index (χ3n) is 13.8. The zero-order valence-electron chi connectivity index (χ0n) is 34.0. The van der Waals surface area contributed by atoms with Crippen LogP contribution in [0.15, 0.2) is 48.9 Å². The molecule has 16 heteroatoms. The maximum atomic E-state index is 14.3. The number of likely N-dealkylation sites (tertiary alicyclic amines) is 2. The third kappa shape index (κ3) is 7.69. The van der Waals surface area contributed by atoms with E-state index in [1.807, 2.05) is 34.1 Å². The Labute approximate surface area is 352 Å². The van der Waals surface area contributed by atoms with E-state index in [1.165, 1.54) is 7.11 Å². The molecule has 4 aromatic rings. The first kappa shape index (κ1) is 39.2. The molecule has 2 aromatic carbocycles. The van der Waals surface area contributed by atoms with Gasteiger partial charge in [0.25, 0.3) is 0 Å². The number of carboxylic acid groups (broad SMARTS) is 1. The van der Waals surface area contributed by atoms with Crippen LogP contribution in [0.25, 0.3) is 22.0 Å². The van der Waals surface area contributed by atoms with E-state index in [1.54, 1.807) is 12.5 Å². The summed E-state index contributed by atoms with van der Waals surface area (Å²) in [4.78, 5) is 72.5. The van der Waals surface area contributed by atoms with Crippen molar-refractivity contribution in [3.05, 3.63) is 71.7 Å². The Morgan fingerprint density at radius 3 is 2.10 bits per heavy atom. The van der Waals surface area contributed by atoms with Crippen molar-refractivity contribution in [1.29, 1.82) is 0 Å². The Balaban J connectivity index is 0.844. The Bertz CT molecular complexity index is 2410. The van der Waals surface area contributed by atoms with Gasteiger partial charge in [-0.2, -0.15) is 0 Å². The zero-order chi connectivity index (χ0) is 41.8. The number of aromatic amines is 2. The lowest BCUT2D eigenvalue weighted by molar-refractivity contribution is -0.138. The summed E-state index contributed by atoms with van der Waals surface area (Å²) in [7, 11) is 1.31. The van der Waals surface area contributed by atoms with E-state index >= 15 is 0 Å². The Hall–Kier alpha value is -5.92. The van der Waals surface area contributed by atoms with Crippen molar-refractivity contribution >= 4 is 34.8 Å². The van der Waals surface area contributed by atoms with Crippen LogP contribution in [0.1, 0.15) is 86.2 Å². The zero-order valence-corrected chi connectivity index (χ0v) is 34.0. The minimum Gasteiger partial charge on any atom is -0.465 e. The van der Waals surface area contributed by atoms with Crippen LogP contribution in [0.4, 0.5) is 9.59 Å². The minimum absolute atomic E-state index is 0.0461. The monoisotopic (exact) mass is 830 g/mol. The van der Waals surface area contributed by atoms with Crippen molar-refractivity contribution in [2.45, 2.75) is 87.6 Å². The number of hydrogen-bond donors (Lipinski definition) is 5. The maximum Gasteiger partial charge on any atom is 0.407 e. The molecule has 16 nitrogen and oxygen atoms in total. The number of carbonyl (C=O) groups excluding carboxylic acids is 3. The van der Waals surface area contributed by atoms with Gasteiger partial charge in [0.05, 0.1) is 43.1 Å². The van der Waals surface area contributed by atoms with Gasteiger partial charge >= 0.3 is 12.2 Å². The van der Waals surface area contributed by atoms with Gasteiger partial charge in [-0.1, -0.05) is 24.1 Å². The number of ether oxygens (including phenoxy) is 3. The number of amides is 4. The molecule has 2 aromatic heterocycles. The van der Waals surface area contributed by atoms with Gasteiger partial charge in [-0.05, 0) is 110 Å². The molecule has 0 radical (unpaired) electrons. The number of aromatic nitrogens is 4. The fraction of sp³-hybridized carbons (Fsp3) is 0.511. The second kappa shape index (κ2) is 16.2. The average molecular weight is 831 g/mol. The highest BCUT2D eigenvalue weighted by molar-refractivity contribution is 5.89. The van der Waals surface area contributed by atoms with Gasteiger partial charge in [-0.3, -0.25) is 9.59 Å². The van der Waals surface area contributed by atoms with Crippen LogP contribution in [0.3, 0.4) is 0 Å². The standard InChI is InChI=1S/C45H50N8O8/c1-59-45(58)51-39(26-10-14-61-15-11-26)43(55)52-34-18-30(34)20-36(52)40-32(47-23-48-40)7-3-24-2-4-28-17-29(6-5-27(28)16-24)33-22-46-41(49-33)37-21-31-19-35(31)53(37)42(54)38(50-44(56)57)25-8-12-60-13-9-25/h2,4-6,16-17,22-23,25-26,30-31,34-39,50H,8-15,18-21H2,1H3,(H,46,49)(H,47,48)(H,51,58)(H,56,57)/t30-,31-,34-,35-,36+,37+,38+,39+/m1/s1. The molecule has 5 N–H and O–H groups in total. The number of fused-ring (bicyclic) bond motifs is 3. The van der Waals surface area contributed by atoms with Crippen molar-refractivity contribution in [2.75, 3.05) is 33.5 Å². The first-order valence-electron chi connectivity index (χ1n) is 21.5. The largest absolute Gasteiger partial charge is 0.465 e. The smallest absolute Gasteiger partial charge is 0.407 e. The molecular formula is C45H50N8O8. The molecule has 8 atom stereocenters. The van der Waals surface area contributed by atoms with E-state index in [-0.39, 0.29) is 47.8 Å². The van der Waals surface area contributed by atoms with Crippen LogP contribution in [-0.2, 0) is 23.8 Å². The summed E-state index contributed by atoms with van der Waals surface area (Å²) in [5.74, 6) is 7.68. The normalized spacial score (nSPS) is 26.7. The number of nitrogens with zero attached hydrogens (tertiary/aromatic N) is 4. The number of piperidine rings is 2. The van der Waals surface area contributed by atoms with Crippen LogP contribution >= 0.6 is 0 Å². The van der Waals surface area contributed by atoms with E-state index in [9.17, 15) is 24.3 Å². The minimum atomic E-state index is -1.19. The van der Waals surface area contributed by atoms with Gasteiger partial charge in [-0.25, -0.2) is 19.6 Å². The predicted octanol–water partition coefficient (Wildman–Crippen LogP) is 4.89. The molecule has 4 amide bonds. The summed E-state index contributed by atoms with van der Waals surface area (Å²) in [5, 5.41) is 17.1. The highest BCUT2D eigenvalue weighted by atomic mass is 16.5. The fourth-order valence-corrected chi connectivity index (χ4v) is 10.5. The summed E-state index contributed by atoms with van der Waals surface area (Å²) in [5.41, 5.74) is 4.02. The van der Waals surface area contributed by atoms with E-state index in [4.69, 9.17) is 19.2 Å². The Morgan fingerprint density at radius 2 is 1.43 bits per heavy atom. The molecule has 6 fully saturated rings. The van der Waals surface area contributed by atoms with Crippen molar-refractivity contribution in [2.24, 2.45) is 23.7 Å². The average Bonchev–Trinajstić information content (AvgIpc) is 3.88. The number of imidazole rings is 2. The molecule has 6 aliphatic rings. The van der Waals surface area contributed by atoms with Gasteiger partial charge in [0, 0.05) is 49.6 Å². The summed E-state index contributed by atoms with van der Waals surface area (Å²) in [6.07, 6.45) is 7.72. The summed E-state index contributed by atoms with van der Waals surface area (Å²) in [6.45, 7) is 2.13. The van der Waals surface area contributed by atoms with Crippen LogP contribution in [-0.4, -0.2) is 117 Å². The molecule has 0 spiro atoms. The molecule has 4 aliphatic heterocycles. The molecule has 2 aliphatic carbocycles. The number of carbonyl (C=O) groups is 4. The molecule has 61 heavy (non-hydrogen) atoms. The van der Waals surface area contributed by atoms with Crippen LogP contribution < -0.4 is 10.6 Å². The molecule has 4 saturated heterocycles. The fourth-order valence-electron chi connectivity index (χ4n) is 10.5. The number of alkyl carbamates (subject to hydrolysis) is 1. The van der Waals surface area contributed by atoms with Gasteiger partial charge in [0.15, 0.2) is 0 Å². The number of hydrogen-bond acceptors (Lipinski definition) is 9. The van der Waals surface area contributed by atoms with E-state index in [2.05, 4.69) is 49.6 Å². The second-order valence-electron chi connectivity index (χ2n) is 17.4. The van der Waals surface area contributed by atoms with E-state index < -0.39 is 24.3 Å². The second-order valence-corrected chi connectivity index (χ2v) is 17.4. The SMILES string of the molecule is COC(=O)N[C@H](C(=O)N1[C@@H]2C[C@@H]2C[C@H]1c1nc[nH]c1C#Cc1ccc2cc(-c3cnc([C@@H]4C[C@H]5C[C@H]5N4C(=O)[C@@H](NC(=O)O)C4CCOCC4)[nH]3)ccc2c1)C1CCOCC1. The van der Waals surface area contributed by atoms with Crippen molar-refractivity contribution in [1.82, 2.24) is 40.4 Å². The maximum absolute atomic E-state index is 14.3. The van der Waals surface area contributed by atoms with Crippen molar-refractivity contribution in [3.63, 3.8) is 0 Å². The molecule has 2 saturated carbocycles. The lowest BCUT2D eigenvalue weighted by Gasteiger charge is -2.35. The Kier molecular flexibility index (Phi) is 10.4.